The van der Waals surface area contributed by atoms with Gasteiger partial charge >= 0.3 is 0 Å². The molecule has 0 spiro atoms. The van der Waals surface area contributed by atoms with Crippen molar-refractivity contribution < 1.29 is 9.59 Å². The molecule has 0 aromatic heterocycles. The molecule has 4 nitrogen and oxygen atoms in total. The molecule has 1 aromatic rings. The minimum absolute atomic E-state index is 0.0328. The van der Waals surface area contributed by atoms with E-state index in [1.165, 1.54) is 0 Å². The van der Waals surface area contributed by atoms with Crippen LogP contribution < -0.4 is 5.32 Å². The highest BCUT2D eigenvalue weighted by Gasteiger charge is 2.28. The molecule has 0 unspecified atom stereocenters. The van der Waals surface area contributed by atoms with Gasteiger partial charge in [0.25, 0.3) is 5.91 Å². The maximum atomic E-state index is 12.5. The summed E-state index contributed by atoms with van der Waals surface area (Å²) in [6.45, 7) is 6.33. The summed E-state index contributed by atoms with van der Waals surface area (Å²) < 4.78 is 0.818. The van der Waals surface area contributed by atoms with Crippen LogP contribution in [0.1, 0.15) is 43.5 Å². The number of nitrogens with zero attached hydrogens (tertiary/aromatic N) is 1. The van der Waals surface area contributed by atoms with Crippen molar-refractivity contribution in [2.75, 3.05) is 19.6 Å². The molecule has 1 aliphatic rings. The normalized spacial score (nSPS) is 15.7. The van der Waals surface area contributed by atoms with E-state index in [9.17, 15) is 9.59 Å². The number of nitrogens with one attached hydrogen (secondary N) is 1. The fourth-order valence-electron chi connectivity index (χ4n) is 2.78. The zero-order chi connectivity index (χ0) is 16.8. The Hall–Kier alpha value is -1.36. The summed E-state index contributed by atoms with van der Waals surface area (Å²) in [5.74, 6) is 0.805. The number of piperidine rings is 1. The molecule has 1 N–H and O–H groups in total. The lowest BCUT2D eigenvalue weighted by molar-refractivity contribution is -0.126. The number of carbonyl (C=O) groups is 2. The summed E-state index contributed by atoms with van der Waals surface area (Å²) in [7, 11) is 0. The number of hydrogen-bond acceptors (Lipinski definition) is 2. The van der Waals surface area contributed by atoms with E-state index in [0.29, 0.717) is 24.6 Å². The van der Waals surface area contributed by atoms with E-state index in [-0.39, 0.29) is 17.7 Å². The van der Waals surface area contributed by atoms with Crippen LogP contribution in [-0.4, -0.2) is 36.3 Å². The van der Waals surface area contributed by atoms with Gasteiger partial charge in [-0.25, -0.2) is 0 Å². The highest BCUT2D eigenvalue weighted by molar-refractivity contribution is 9.10. The molecular formula is C18H25BrN2O2. The smallest absolute Gasteiger partial charge is 0.254 e. The largest absolute Gasteiger partial charge is 0.356 e. The first-order valence-corrected chi connectivity index (χ1v) is 9.10. The SMILES string of the molecule is CC(C)CCNC(=O)C1CCN(C(=O)c2ccccc2Br)CC1. The van der Waals surface area contributed by atoms with Gasteiger partial charge in [0.15, 0.2) is 0 Å². The van der Waals surface area contributed by atoms with Crippen molar-refractivity contribution in [2.24, 2.45) is 11.8 Å². The van der Waals surface area contributed by atoms with E-state index in [2.05, 4.69) is 35.1 Å². The number of halogens is 1. The second-order valence-corrected chi connectivity index (χ2v) is 7.37. The van der Waals surface area contributed by atoms with E-state index in [1.807, 2.05) is 29.2 Å². The lowest BCUT2D eigenvalue weighted by Gasteiger charge is -2.31. The van der Waals surface area contributed by atoms with Gasteiger partial charge < -0.3 is 10.2 Å². The molecule has 0 bridgehead atoms. The summed E-state index contributed by atoms with van der Waals surface area (Å²) in [6.07, 6.45) is 2.48. The van der Waals surface area contributed by atoms with Gasteiger partial charge in [-0.1, -0.05) is 26.0 Å². The van der Waals surface area contributed by atoms with E-state index >= 15 is 0 Å². The predicted molar refractivity (Wildman–Crippen MR) is 95.2 cm³/mol. The summed E-state index contributed by atoms with van der Waals surface area (Å²) in [5.41, 5.74) is 0.687. The highest BCUT2D eigenvalue weighted by atomic mass is 79.9. The molecule has 23 heavy (non-hydrogen) atoms. The van der Waals surface area contributed by atoms with Crippen LogP contribution in [0.2, 0.25) is 0 Å². The summed E-state index contributed by atoms with van der Waals surface area (Å²) >= 11 is 3.43. The topological polar surface area (TPSA) is 49.4 Å². The van der Waals surface area contributed by atoms with Crippen molar-refractivity contribution in [3.8, 4) is 0 Å². The third kappa shape index (κ3) is 5.06. The first-order valence-electron chi connectivity index (χ1n) is 8.30. The molecule has 1 aromatic carbocycles. The first kappa shape index (κ1) is 18.0. The zero-order valence-corrected chi connectivity index (χ0v) is 15.4. The number of likely N-dealkylation sites (tertiary alicyclic amines) is 1. The molecule has 0 aliphatic carbocycles. The third-order valence-corrected chi connectivity index (χ3v) is 4.97. The Morgan fingerprint density at radius 3 is 2.52 bits per heavy atom. The molecular weight excluding hydrogens is 356 g/mol. The number of carbonyl (C=O) groups excluding carboxylic acids is 2. The minimum Gasteiger partial charge on any atom is -0.356 e. The van der Waals surface area contributed by atoms with Crippen LogP contribution in [0, 0.1) is 11.8 Å². The van der Waals surface area contributed by atoms with Crippen molar-refractivity contribution in [1.82, 2.24) is 10.2 Å². The lowest BCUT2D eigenvalue weighted by atomic mass is 9.95. The Bertz CT molecular complexity index is 552. The van der Waals surface area contributed by atoms with Crippen molar-refractivity contribution in [2.45, 2.75) is 33.1 Å². The molecule has 1 aliphatic heterocycles. The molecule has 2 amide bonds. The molecule has 1 fully saturated rings. The highest BCUT2D eigenvalue weighted by Crippen LogP contribution is 2.22. The minimum atomic E-state index is 0.0328. The van der Waals surface area contributed by atoms with Gasteiger partial charge in [-0.2, -0.15) is 0 Å². The Balaban J connectivity index is 1.83. The summed E-state index contributed by atoms with van der Waals surface area (Å²) in [6, 6.07) is 7.47. The maximum absolute atomic E-state index is 12.5. The third-order valence-electron chi connectivity index (χ3n) is 4.28. The second kappa shape index (κ2) is 8.48. The van der Waals surface area contributed by atoms with Gasteiger partial charge in [0.2, 0.25) is 5.91 Å². The van der Waals surface area contributed by atoms with Gasteiger partial charge in [0.05, 0.1) is 5.56 Å². The molecule has 0 atom stereocenters. The van der Waals surface area contributed by atoms with Gasteiger partial charge in [0.1, 0.15) is 0 Å². The van der Waals surface area contributed by atoms with Crippen LogP contribution in [0.4, 0.5) is 0 Å². The molecule has 0 saturated carbocycles. The molecule has 1 saturated heterocycles. The van der Waals surface area contributed by atoms with Crippen LogP contribution in [-0.2, 0) is 4.79 Å². The number of amides is 2. The molecule has 0 radical (unpaired) electrons. The Labute approximate surface area is 146 Å². The van der Waals surface area contributed by atoms with Gasteiger partial charge in [0, 0.05) is 30.0 Å². The van der Waals surface area contributed by atoms with Crippen LogP contribution in [0.3, 0.4) is 0 Å². The van der Waals surface area contributed by atoms with E-state index in [1.54, 1.807) is 0 Å². The molecule has 2 rings (SSSR count). The molecule has 126 valence electrons. The Kier molecular flexibility index (Phi) is 6.63. The van der Waals surface area contributed by atoms with Gasteiger partial charge in [-0.3, -0.25) is 9.59 Å². The summed E-state index contributed by atoms with van der Waals surface area (Å²) in [5, 5.41) is 3.02. The van der Waals surface area contributed by atoms with Crippen LogP contribution in [0.15, 0.2) is 28.7 Å². The van der Waals surface area contributed by atoms with Crippen molar-refractivity contribution in [3.63, 3.8) is 0 Å². The second-order valence-electron chi connectivity index (χ2n) is 6.52. The van der Waals surface area contributed by atoms with Gasteiger partial charge in [-0.05, 0) is 53.2 Å². The summed E-state index contributed by atoms with van der Waals surface area (Å²) in [4.78, 5) is 26.5. The van der Waals surface area contributed by atoms with Crippen LogP contribution >= 0.6 is 15.9 Å². The number of benzene rings is 1. The number of hydrogen-bond donors (Lipinski definition) is 1. The zero-order valence-electron chi connectivity index (χ0n) is 13.8. The fraction of sp³-hybridized carbons (Fsp3) is 0.556. The first-order chi connectivity index (χ1) is 11.0. The van der Waals surface area contributed by atoms with Gasteiger partial charge in [-0.15, -0.1) is 0 Å². The van der Waals surface area contributed by atoms with Crippen molar-refractivity contribution >= 4 is 27.7 Å². The Morgan fingerprint density at radius 2 is 1.91 bits per heavy atom. The molecule has 1 heterocycles. The van der Waals surface area contributed by atoms with Crippen molar-refractivity contribution in [1.29, 1.82) is 0 Å². The average molecular weight is 381 g/mol. The van der Waals surface area contributed by atoms with Crippen molar-refractivity contribution in [3.05, 3.63) is 34.3 Å². The lowest BCUT2D eigenvalue weighted by Crippen LogP contribution is -2.43. The fourth-order valence-corrected chi connectivity index (χ4v) is 3.23. The van der Waals surface area contributed by atoms with E-state index in [0.717, 1.165) is 30.3 Å². The quantitative estimate of drug-likeness (QED) is 0.849. The van der Waals surface area contributed by atoms with E-state index < -0.39 is 0 Å². The molecule has 5 heteroatoms. The predicted octanol–water partition coefficient (Wildman–Crippen LogP) is 3.46. The van der Waals surface area contributed by atoms with Crippen LogP contribution in [0.25, 0.3) is 0 Å². The standard InChI is InChI=1S/C18H25BrN2O2/c1-13(2)7-10-20-17(22)14-8-11-21(12-9-14)18(23)15-5-3-4-6-16(15)19/h3-6,13-14H,7-12H2,1-2H3,(H,20,22). The monoisotopic (exact) mass is 380 g/mol. The average Bonchev–Trinajstić information content (AvgIpc) is 2.54. The van der Waals surface area contributed by atoms with Crippen LogP contribution in [0.5, 0.6) is 0 Å². The van der Waals surface area contributed by atoms with E-state index in [4.69, 9.17) is 0 Å². The number of rotatable bonds is 5. The Morgan fingerprint density at radius 1 is 1.26 bits per heavy atom. The maximum Gasteiger partial charge on any atom is 0.254 e.